The minimum Gasteiger partial charge on any atom is -0.463 e. The third-order valence-electron chi connectivity index (χ3n) is 4.47. The van der Waals surface area contributed by atoms with Gasteiger partial charge in [0, 0.05) is 19.7 Å². The molecular formula is C21H28N4O5S. The van der Waals surface area contributed by atoms with Crippen molar-refractivity contribution in [2.75, 3.05) is 17.9 Å². The molecule has 2 rings (SSSR count). The number of rotatable bonds is 10. The van der Waals surface area contributed by atoms with E-state index in [1.807, 2.05) is 6.92 Å². The van der Waals surface area contributed by atoms with Crippen molar-refractivity contribution in [3.63, 3.8) is 0 Å². The summed E-state index contributed by atoms with van der Waals surface area (Å²) in [7, 11) is -2.32. The van der Waals surface area contributed by atoms with Crippen molar-refractivity contribution in [2.24, 2.45) is 7.05 Å². The van der Waals surface area contributed by atoms with Gasteiger partial charge in [0.15, 0.2) is 11.5 Å². The molecule has 10 heteroatoms. The molecule has 0 fully saturated rings. The zero-order chi connectivity index (χ0) is 23.0. The molecule has 1 aromatic heterocycles. The molecule has 0 saturated carbocycles. The van der Waals surface area contributed by atoms with Crippen LogP contribution >= 0.6 is 0 Å². The van der Waals surface area contributed by atoms with E-state index in [-0.39, 0.29) is 23.0 Å². The predicted octanol–water partition coefficient (Wildman–Crippen LogP) is 2.64. The topological polar surface area (TPSA) is 119 Å². The highest BCUT2D eigenvalue weighted by Gasteiger charge is 2.24. The Morgan fingerprint density at radius 1 is 1.19 bits per heavy atom. The summed E-state index contributed by atoms with van der Waals surface area (Å²) in [6.07, 6.45) is 4.55. The van der Waals surface area contributed by atoms with Gasteiger partial charge in [0.1, 0.15) is 5.82 Å². The van der Waals surface area contributed by atoms with Gasteiger partial charge in [-0.3, -0.25) is 9.52 Å². The van der Waals surface area contributed by atoms with Crippen LogP contribution in [0.1, 0.15) is 48.6 Å². The second kappa shape index (κ2) is 10.8. The van der Waals surface area contributed by atoms with E-state index in [1.54, 1.807) is 37.6 Å². The molecule has 1 amide bonds. The lowest BCUT2D eigenvalue weighted by atomic mass is 10.2. The number of aromatic nitrogens is 2. The SMILES string of the molecule is CCCCNC(=O)c1c(NS(=O)(=O)c2ccc(C=CC(=O)OCC)cc2)nc(C)n1C. The molecule has 0 spiro atoms. The van der Waals surface area contributed by atoms with Crippen molar-refractivity contribution in [3.05, 3.63) is 47.4 Å². The quantitative estimate of drug-likeness (QED) is 0.328. The van der Waals surface area contributed by atoms with Crippen LogP contribution in [0.2, 0.25) is 0 Å². The highest BCUT2D eigenvalue weighted by molar-refractivity contribution is 7.92. The summed E-state index contributed by atoms with van der Waals surface area (Å²) in [6.45, 7) is 6.18. The van der Waals surface area contributed by atoms with Gasteiger partial charge in [0.2, 0.25) is 0 Å². The number of carbonyl (C=O) groups excluding carboxylic acids is 2. The Kier molecular flexibility index (Phi) is 8.38. The van der Waals surface area contributed by atoms with Gasteiger partial charge < -0.3 is 14.6 Å². The molecule has 1 aromatic carbocycles. The van der Waals surface area contributed by atoms with E-state index in [0.717, 1.165) is 12.8 Å². The van der Waals surface area contributed by atoms with Gasteiger partial charge in [0.05, 0.1) is 11.5 Å². The third-order valence-corrected chi connectivity index (χ3v) is 5.82. The average molecular weight is 449 g/mol. The normalized spacial score (nSPS) is 11.5. The standard InChI is InChI=1S/C21H28N4O5S/c1-5-7-14-22-21(27)19-20(23-15(3)25(19)4)24-31(28,29)17-11-8-16(9-12-17)10-13-18(26)30-6-2/h8-13,24H,5-7,14H2,1-4H3,(H,22,27). The van der Waals surface area contributed by atoms with Gasteiger partial charge in [-0.15, -0.1) is 0 Å². The molecule has 0 bridgehead atoms. The zero-order valence-corrected chi connectivity index (χ0v) is 19.0. The van der Waals surface area contributed by atoms with E-state index in [4.69, 9.17) is 4.74 Å². The molecule has 0 saturated heterocycles. The summed E-state index contributed by atoms with van der Waals surface area (Å²) in [6, 6.07) is 5.94. The predicted molar refractivity (Wildman–Crippen MR) is 118 cm³/mol. The number of nitrogens with one attached hydrogen (secondary N) is 2. The fourth-order valence-electron chi connectivity index (χ4n) is 2.70. The number of nitrogens with zero attached hydrogens (tertiary/aromatic N) is 2. The Morgan fingerprint density at radius 2 is 1.87 bits per heavy atom. The molecular weight excluding hydrogens is 420 g/mol. The van der Waals surface area contributed by atoms with Crippen LogP contribution in [0.4, 0.5) is 5.82 Å². The number of ether oxygens (including phenoxy) is 1. The second-order valence-electron chi connectivity index (χ2n) is 6.78. The Morgan fingerprint density at radius 3 is 2.48 bits per heavy atom. The van der Waals surface area contributed by atoms with E-state index >= 15 is 0 Å². The summed E-state index contributed by atoms with van der Waals surface area (Å²) < 4.78 is 34.4. The van der Waals surface area contributed by atoms with Crippen LogP contribution < -0.4 is 10.0 Å². The van der Waals surface area contributed by atoms with E-state index in [2.05, 4.69) is 15.0 Å². The smallest absolute Gasteiger partial charge is 0.330 e. The van der Waals surface area contributed by atoms with Gasteiger partial charge in [-0.05, 0) is 44.0 Å². The molecule has 0 atom stereocenters. The Bertz CT molecular complexity index is 1060. The number of hydrogen-bond donors (Lipinski definition) is 2. The van der Waals surface area contributed by atoms with Crippen LogP contribution in [0.5, 0.6) is 0 Å². The number of amides is 1. The Balaban J connectivity index is 2.22. The molecule has 1 heterocycles. The fourth-order valence-corrected chi connectivity index (χ4v) is 3.71. The van der Waals surface area contributed by atoms with E-state index in [0.29, 0.717) is 17.9 Å². The molecule has 2 aromatic rings. The van der Waals surface area contributed by atoms with Crippen LogP contribution in [0.15, 0.2) is 35.2 Å². The molecule has 0 aliphatic carbocycles. The van der Waals surface area contributed by atoms with Crippen molar-refractivity contribution in [3.8, 4) is 0 Å². The molecule has 0 aliphatic heterocycles. The summed E-state index contributed by atoms with van der Waals surface area (Å²) in [5.74, 6) is -0.400. The monoisotopic (exact) mass is 448 g/mol. The lowest BCUT2D eigenvalue weighted by Gasteiger charge is -2.10. The number of anilines is 1. The lowest BCUT2D eigenvalue weighted by Crippen LogP contribution is -2.28. The van der Waals surface area contributed by atoms with Gasteiger partial charge in [-0.2, -0.15) is 0 Å². The number of esters is 1. The number of unbranched alkanes of at least 4 members (excludes halogenated alkanes) is 1. The minimum absolute atomic E-state index is 0.00133. The van der Waals surface area contributed by atoms with Gasteiger partial charge in [-0.1, -0.05) is 25.5 Å². The van der Waals surface area contributed by atoms with Crippen LogP contribution in [-0.4, -0.2) is 43.0 Å². The van der Waals surface area contributed by atoms with Gasteiger partial charge in [-0.25, -0.2) is 18.2 Å². The Labute approximate surface area is 182 Å². The van der Waals surface area contributed by atoms with Crippen molar-refractivity contribution in [1.29, 1.82) is 0 Å². The minimum atomic E-state index is -3.98. The molecule has 0 radical (unpaired) electrons. The number of sulfonamides is 1. The first-order chi connectivity index (χ1) is 14.7. The molecule has 0 unspecified atom stereocenters. The number of carbonyl (C=O) groups is 2. The molecule has 0 aliphatic rings. The highest BCUT2D eigenvalue weighted by Crippen LogP contribution is 2.21. The van der Waals surface area contributed by atoms with Gasteiger partial charge in [0.25, 0.3) is 15.9 Å². The third kappa shape index (κ3) is 6.42. The van der Waals surface area contributed by atoms with Gasteiger partial charge >= 0.3 is 5.97 Å². The average Bonchev–Trinajstić information content (AvgIpc) is 2.99. The van der Waals surface area contributed by atoms with Crippen LogP contribution in [0.3, 0.4) is 0 Å². The summed E-state index contributed by atoms with van der Waals surface area (Å²) >= 11 is 0. The number of benzene rings is 1. The first kappa shape index (κ1) is 24.1. The largest absolute Gasteiger partial charge is 0.463 e. The van der Waals surface area contributed by atoms with Crippen molar-refractivity contribution in [1.82, 2.24) is 14.9 Å². The maximum absolute atomic E-state index is 12.8. The second-order valence-corrected chi connectivity index (χ2v) is 8.47. The van der Waals surface area contributed by atoms with Crippen LogP contribution in [-0.2, 0) is 26.6 Å². The number of hydrogen-bond acceptors (Lipinski definition) is 6. The van der Waals surface area contributed by atoms with Crippen molar-refractivity contribution >= 4 is 33.8 Å². The molecule has 9 nitrogen and oxygen atoms in total. The van der Waals surface area contributed by atoms with Crippen LogP contribution in [0.25, 0.3) is 6.08 Å². The van der Waals surface area contributed by atoms with Crippen molar-refractivity contribution in [2.45, 2.75) is 38.5 Å². The summed E-state index contributed by atoms with van der Waals surface area (Å²) in [5, 5.41) is 2.78. The molecule has 2 N–H and O–H groups in total. The number of imidazole rings is 1. The highest BCUT2D eigenvalue weighted by atomic mass is 32.2. The van der Waals surface area contributed by atoms with Crippen molar-refractivity contribution < 1.29 is 22.7 Å². The fraction of sp³-hybridized carbons (Fsp3) is 0.381. The number of aryl methyl sites for hydroxylation is 1. The molecule has 168 valence electrons. The zero-order valence-electron chi connectivity index (χ0n) is 18.1. The Hall–Kier alpha value is -3.14. The maximum Gasteiger partial charge on any atom is 0.330 e. The summed E-state index contributed by atoms with van der Waals surface area (Å²) in [4.78, 5) is 28.2. The first-order valence-corrected chi connectivity index (χ1v) is 11.5. The first-order valence-electron chi connectivity index (χ1n) is 9.98. The van der Waals surface area contributed by atoms with E-state index in [1.165, 1.54) is 24.3 Å². The molecule has 31 heavy (non-hydrogen) atoms. The van der Waals surface area contributed by atoms with Crippen LogP contribution in [0, 0.1) is 6.92 Å². The van der Waals surface area contributed by atoms with E-state index < -0.39 is 21.9 Å². The lowest BCUT2D eigenvalue weighted by molar-refractivity contribution is -0.137. The maximum atomic E-state index is 12.8. The van der Waals surface area contributed by atoms with E-state index in [9.17, 15) is 18.0 Å². The summed E-state index contributed by atoms with van der Waals surface area (Å²) in [5.41, 5.74) is 0.780.